The molecule has 0 spiro atoms. The average molecular weight is 113 g/mol. The molecule has 0 N–H and O–H groups in total. The van der Waals surface area contributed by atoms with E-state index in [9.17, 15) is 0 Å². The van der Waals surface area contributed by atoms with Crippen molar-refractivity contribution in [2.24, 2.45) is 0 Å². The van der Waals surface area contributed by atoms with Gasteiger partial charge in [0.25, 0.3) is 0 Å². The van der Waals surface area contributed by atoms with Gasteiger partial charge < -0.3 is 0 Å². The Bertz CT molecular complexity index is 171. The Morgan fingerprint density at radius 1 is 1.71 bits per heavy atom. The summed E-state index contributed by atoms with van der Waals surface area (Å²) >= 11 is 1.54. The highest BCUT2D eigenvalue weighted by molar-refractivity contribution is 7.10. The molecule has 1 aromatic heterocycles. The Kier molecular flexibility index (Phi) is 0.873. The fourth-order valence-corrected chi connectivity index (χ4v) is 1.02. The van der Waals surface area contributed by atoms with Gasteiger partial charge in [0.15, 0.2) is 0 Å². The fraction of sp³-hybridized carbons (Fsp3) is 0.333. The minimum Gasteiger partial charge on any atom is -0.149 e. The molecule has 0 bridgehead atoms. The van der Waals surface area contributed by atoms with Gasteiger partial charge in [-0.05, 0) is 30.8 Å². The Morgan fingerprint density at radius 2 is 2.43 bits per heavy atom. The molecule has 0 unspecified atom stereocenters. The third-order valence-corrected chi connectivity index (χ3v) is 1.91. The summed E-state index contributed by atoms with van der Waals surface area (Å²) < 4.78 is 7.18. The molecule has 0 fully saturated rings. The van der Waals surface area contributed by atoms with Crippen LogP contribution in [0.15, 0.2) is 11.4 Å². The van der Waals surface area contributed by atoms with E-state index in [-0.39, 0.29) is 0 Å². The molecule has 0 saturated heterocycles. The van der Waals surface area contributed by atoms with Crippen LogP contribution in [0.3, 0.4) is 0 Å². The number of thiophene rings is 1. The number of hydrogen-bond acceptors (Lipinski definition) is 1. The second kappa shape index (κ2) is 1.66. The van der Waals surface area contributed by atoms with E-state index in [2.05, 4.69) is 0 Å². The first-order valence-corrected chi connectivity index (χ1v) is 3.05. The van der Waals surface area contributed by atoms with Gasteiger partial charge in [-0.1, -0.05) is 0 Å². The lowest BCUT2D eigenvalue weighted by molar-refractivity contribution is 1.44. The maximum atomic E-state index is 7.18. The zero-order valence-electron chi connectivity index (χ0n) is 5.49. The van der Waals surface area contributed by atoms with Crippen LogP contribution in [-0.4, -0.2) is 0 Å². The quantitative estimate of drug-likeness (QED) is 0.484. The largest absolute Gasteiger partial charge is 0.149 e. The summed E-state index contributed by atoms with van der Waals surface area (Å²) in [5.41, 5.74) is 1.24. The topological polar surface area (TPSA) is 0 Å². The van der Waals surface area contributed by atoms with Crippen LogP contribution in [0.4, 0.5) is 0 Å². The summed E-state index contributed by atoms with van der Waals surface area (Å²) in [5.74, 6) is 0. The highest BCUT2D eigenvalue weighted by Crippen LogP contribution is 2.12. The van der Waals surface area contributed by atoms with Gasteiger partial charge in [-0.25, -0.2) is 0 Å². The van der Waals surface area contributed by atoms with Gasteiger partial charge in [-0.15, -0.1) is 11.3 Å². The summed E-state index contributed by atoms with van der Waals surface area (Å²) in [7, 11) is 0. The summed E-state index contributed by atoms with van der Waals surface area (Å²) in [6.07, 6.45) is 0. The molecule has 38 valence electrons. The number of hydrogen-bond donors (Lipinski definition) is 0. The third kappa shape index (κ3) is 0.829. The van der Waals surface area contributed by atoms with Crippen molar-refractivity contribution in [2.45, 2.75) is 13.8 Å². The minimum atomic E-state index is 0.667. The van der Waals surface area contributed by atoms with Crippen LogP contribution in [-0.2, 0) is 0 Å². The van der Waals surface area contributed by atoms with Crippen molar-refractivity contribution in [3.8, 4) is 0 Å². The Labute approximate surface area is 49.2 Å². The number of aryl methyl sites for hydroxylation is 2. The van der Waals surface area contributed by atoms with E-state index >= 15 is 0 Å². The van der Waals surface area contributed by atoms with Gasteiger partial charge in [0.05, 0.1) is 1.37 Å². The molecule has 0 saturated carbocycles. The molecular weight excluding hydrogens is 104 g/mol. The predicted molar refractivity (Wildman–Crippen MR) is 33.8 cm³/mol. The Balaban J connectivity index is 3.14. The van der Waals surface area contributed by atoms with Crippen molar-refractivity contribution < 1.29 is 1.37 Å². The molecule has 1 rings (SSSR count). The lowest BCUT2D eigenvalue weighted by Gasteiger charge is -1.79. The molecule has 0 atom stereocenters. The van der Waals surface area contributed by atoms with Crippen molar-refractivity contribution in [1.29, 1.82) is 0 Å². The Hall–Kier alpha value is -0.300. The van der Waals surface area contributed by atoms with Crippen molar-refractivity contribution in [3.63, 3.8) is 0 Å². The normalized spacial score (nSPS) is 11.4. The molecule has 0 radical (unpaired) electrons. The van der Waals surface area contributed by atoms with Crippen LogP contribution in [0.25, 0.3) is 0 Å². The first-order valence-electron chi connectivity index (χ1n) is 2.74. The average Bonchev–Trinajstić information content (AvgIpc) is 1.85. The van der Waals surface area contributed by atoms with E-state index in [1.54, 1.807) is 0 Å². The summed E-state index contributed by atoms with van der Waals surface area (Å²) in [5, 5.41) is 0.667. The molecule has 0 aliphatic heterocycles. The van der Waals surface area contributed by atoms with E-state index in [4.69, 9.17) is 1.37 Å². The second-order valence-electron chi connectivity index (χ2n) is 1.60. The van der Waals surface area contributed by atoms with Crippen molar-refractivity contribution in [3.05, 3.63) is 21.9 Å². The second-order valence-corrected chi connectivity index (χ2v) is 2.66. The van der Waals surface area contributed by atoms with Crippen LogP contribution in [0.2, 0.25) is 0 Å². The van der Waals surface area contributed by atoms with Crippen LogP contribution in [0, 0.1) is 13.8 Å². The molecule has 1 heteroatoms. The SMILES string of the molecule is [2H]c1cc(C)c(C)s1. The fourth-order valence-electron chi connectivity index (χ4n) is 0.388. The first kappa shape index (κ1) is 3.67. The summed E-state index contributed by atoms with van der Waals surface area (Å²) in [6, 6.07) is 1.89. The van der Waals surface area contributed by atoms with Gasteiger partial charge in [-0.3, -0.25) is 0 Å². The zero-order valence-corrected chi connectivity index (χ0v) is 5.30. The maximum absolute atomic E-state index is 7.18. The molecule has 0 aliphatic rings. The van der Waals surface area contributed by atoms with E-state index < -0.39 is 0 Å². The maximum Gasteiger partial charge on any atom is 0.0740 e. The molecule has 0 amide bonds. The zero-order chi connectivity index (χ0) is 6.15. The minimum absolute atomic E-state index is 0.667. The third-order valence-electron chi connectivity index (χ3n) is 1.04. The molecular formula is C6H8S. The van der Waals surface area contributed by atoms with Crippen LogP contribution >= 0.6 is 11.3 Å². The summed E-state index contributed by atoms with van der Waals surface area (Å²) in [6.45, 7) is 4.07. The number of rotatable bonds is 0. The highest BCUT2D eigenvalue weighted by atomic mass is 32.1. The lowest BCUT2D eigenvalue weighted by atomic mass is 10.3. The molecule has 1 heterocycles. The van der Waals surface area contributed by atoms with Crippen LogP contribution in [0.1, 0.15) is 11.8 Å². The van der Waals surface area contributed by atoms with E-state index in [1.807, 2.05) is 19.9 Å². The van der Waals surface area contributed by atoms with Crippen LogP contribution in [0.5, 0.6) is 0 Å². The smallest absolute Gasteiger partial charge is 0.0740 e. The Morgan fingerprint density at radius 3 is 2.57 bits per heavy atom. The highest BCUT2D eigenvalue weighted by Gasteiger charge is 1.87. The van der Waals surface area contributed by atoms with Gasteiger partial charge in [-0.2, -0.15) is 0 Å². The molecule has 7 heavy (non-hydrogen) atoms. The molecule has 1 aromatic rings. The lowest BCUT2D eigenvalue weighted by Crippen LogP contribution is -1.61. The molecule has 0 aliphatic carbocycles. The summed E-state index contributed by atoms with van der Waals surface area (Å²) in [4.78, 5) is 1.26. The first-order chi connectivity index (χ1) is 3.70. The van der Waals surface area contributed by atoms with Crippen LogP contribution < -0.4 is 0 Å². The van der Waals surface area contributed by atoms with Gasteiger partial charge in [0, 0.05) is 4.88 Å². The van der Waals surface area contributed by atoms with E-state index in [1.165, 1.54) is 21.8 Å². The van der Waals surface area contributed by atoms with Gasteiger partial charge in [0.2, 0.25) is 0 Å². The van der Waals surface area contributed by atoms with Crippen molar-refractivity contribution >= 4 is 11.3 Å². The molecule has 0 aromatic carbocycles. The van der Waals surface area contributed by atoms with Crippen molar-refractivity contribution in [1.82, 2.24) is 0 Å². The molecule has 0 nitrogen and oxygen atoms in total. The predicted octanol–water partition coefficient (Wildman–Crippen LogP) is 2.36. The van der Waals surface area contributed by atoms with Crippen molar-refractivity contribution in [2.75, 3.05) is 0 Å². The van der Waals surface area contributed by atoms with Gasteiger partial charge >= 0.3 is 0 Å². The van der Waals surface area contributed by atoms with Gasteiger partial charge in [0.1, 0.15) is 0 Å². The standard InChI is InChI=1S/C6H8S/c1-5-3-4-7-6(5)2/h3-4H,1-2H3/i4D. The van der Waals surface area contributed by atoms with E-state index in [0.717, 1.165) is 0 Å². The van der Waals surface area contributed by atoms with E-state index in [0.29, 0.717) is 5.36 Å². The monoisotopic (exact) mass is 113 g/mol.